The number of rotatable bonds is 3. The van der Waals surface area contributed by atoms with Crippen LogP contribution in [0.1, 0.15) is 18.9 Å². The van der Waals surface area contributed by atoms with Gasteiger partial charge >= 0.3 is 17.7 Å². The maximum absolute atomic E-state index is 13.2. The number of hydrogen-bond acceptors (Lipinski definition) is 7. The molecule has 1 fully saturated rings. The van der Waals surface area contributed by atoms with Crippen molar-refractivity contribution in [3.8, 4) is 17.3 Å². The number of imidazole rings is 1. The number of nitrogens with zero attached hydrogens (tertiary/aromatic N) is 7. The third-order valence-corrected chi connectivity index (χ3v) is 6.01. The number of hydrogen-bond donors (Lipinski definition) is 1. The van der Waals surface area contributed by atoms with E-state index in [4.69, 9.17) is 15.5 Å². The van der Waals surface area contributed by atoms with Crippen molar-refractivity contribution in [2.24, 2.45) is 12.8 Å². The molecule has 1 aliphatic heterocycles. The predicted octanol–water partition coefficient (Wildman–Crippen LogP) is 1.46. The Kier molecular flexibility index (Phi) is 4.72. The highest BCUT2D eigenvalue weighted by Gasteiger charge is 2.27. The van der Waals surface area contributed by atoms with Gasteiger partial charge in [0.2, 0.25) is 0 Å². The van der Waals surface area contributed by atoms with E-state index in [1.807, 2.05) is 12.1 Å². The molecule has 0 unspecified atom stereocenters. The summed E-state index contributed by atoms with van der Waals surface area (Å²) < 4.78 is 8.41. The Morgan fingerprint density at radius 3 is 2.50 bits per heavy atom. The highest BCUT2D eigenvalue weighted by molar-refractivity contribution is 6.00. The molecule has 2 N–H and O–H groups in total. The Labute approximate surface area is 182 Å². The summed E-state index contributed by atoms with van der Waals surface area (Å²) in [7, 11) is 3.24. The van der Waals surface area contributed by atoms with Gasteiger partial charge in [0, 0.05) is 44.1 Å². The maximum Gasteiger partial charge on any atom is 0.329 e. The summed E-state index contributed by atoms with van der Waals surface area (Å²) in [4.78, 5) is 44.0. The lowest BCUT2D eigenvalue weighted by Gasteiger charge is -2.31. The molecule has 0 bridgehead atoms. The topological polar surface area (TPSA) is 134 Å². The van der Waals surface area contributed by atoms with Crippen LogP contribution in [0.15, 0.2) is 35.5 Å². The Bertz CT molecular complexity index is 1380. The van der Waals surface area contributed by atoms with E-state index < -0.39 is 6.03 Å². The van der Waals surface area contributed by atoms with Crippen LogP contribution in [0.2, 0.25) is 0 Å². The van der Waals surface area contributed by atoms with Crippen LogP contribution in [-0.4, -0.2) is 60.2 Å². The van der Waals surface area contributed by atoms with Crippen LogP contribution in [0.25, 0.3) is 33.3 Å². The molecule has 5 heterocycles. The minimum Gasteiger partial charge on any atom is -0.467 e. The second-order valence-corrected chi connectivity index (χ2v) is 7.78. The van der Waals surface area contributed by atoms with Gasteiger partial charge in [0.1, 0.15) is 5.52 Å². The molecule has 11 nitrogen and oxygen atoms in total. The van der Waals surface area contributed by atoms with Gasteiger partial charge in [-0.1, -0.05) is 0 Å². The van der Waals surface area contributed by atoms with E-state index in [1.54, 1.807) is 39.7 Å². The average Bonchev–Trinajstić information content (AvgIpc) is 3.09. The fourth-order valence-corrected chi connectivity index (χ4v) is 4.28. The second kappa shape index (κ2) is 7.59. The third kappa shape index (κ3) is 3.13. The molecule has 1 saturated heterocycles. The van der Waals surface area contributed by atoms with Gasteiger partial charge < -0.3 is 15.4 Å². The van der Waals surface area contributed by atoms with Crippen molar-refractivity contribution in [3.63, 3.8) is 0 Å². The molecule has 4 aromatic heterocycles. The lowest BCUT2D eigenvalue weighted by molar-refractivity contribution is 0.180. The van der Waals surface area contributed by atoms with Crippen molar-refractivity contribution >= 4 is 28.1 Å². The molecule has 0 atom stereocenters. The van der Waals surface area contributed by atoms with E-state index in [9.17, 15) is 9.59 Å². The lowest BCUT2D eigenvalue weighted by Crippen LogP contribution is -2.43. The van der Waals surface area contributed by atoms with Crippen LogP contribution in [0.3, 0.4) is 0 Å². The van der Waals surface area contributed by atoms with E-state index in [1.165, 1.54) is 7.11 Å². The average molecular weight is 434 g/mol. The molecule has 11 heteroatoms. The van der Waals surface area contributed by atoms with Gasteiger partial charge in [-0.2, -0.15) is 0 Å². The summed E-state index contributed by atoms with van der Waals surface area (Å²) in [6.45, 7) is 1.02. The number of carbonyl (C=O) groups excluding carboxylic acids is 1. The Balaban J connectivity index is 1.67. The van der Waals surface area contributed by atoms with Crippen molar-refractivity contribution < 1.29 is 9.53 Å². The summed E-state index contributed by atoms with van der Waals surface area (Å²) in [5.41, 5.74) is 9.43. The minimum absolute atomic E-state index is 0.0674. The number of fused-ring (bicyclic) bond motifs is 3. The molecule has 0 radical (unpaired) electrons. The summed E-state index contributed by atoms with van der Waals surface area (Å²) in [5, 5.41) is 0. The maximum atomic E-state index is 13.2. The smallest absolute Gasteiger partial charge is 0.329 e. The van der Waals surface area contributed by atoms with E-state index in [2.05, 4.69) is 15.0 Å². The molecular weight excluding hydrogens is 412 g/mol. The van der Waals surface area contributed by atoms with Crippen LogP contribution < -0.4 is 16.2 Å². The van der Waals surface area contributed by atoms with Crippen LogP contribution in [0.4, 0.5) is 4.79 Å². The van der Waals surface area contributed by atoms with Crippen LogP contribution in [0, 0.1) is 0 Å². The summed E-state index contributed by atoms with van der Waals surface area (Å²) in [6, 6.07) is 3.50. The van der Waals surface area contributed by atoms with Crippen molar-refractivity contribution in [3.05, 3.63) is 41.2 Å². The molecule has 2 amide bonds. The minimum atomic E-state index is -0.434. The number of primary amides is 1. The SMILES string of the molecule is COc1ncc(-c2ccc3ncc4c(c3n2)n(C2CCN(C(N)=O)CC2)c(=O)n4C)cn1. The van der Waals surface area contributed by atoms with Gasteiger partial charge in [0.05, 0.1) is 35.6 Å². The van der Waals surface area contributed by atoms with E-state index in [-0.39, 0.29) is 17.7 Å². The lowest BCUT2D eigenvalue weighted by atomic mass is 10.0. The number of nitrogens with two attached hydrogens (primary N) is 1. The predicted molar refractivity (Wildman–Crippen MR) is 117 cm³/mol. The van der Waals surface area contributed by atoms with E-state index >= 15 is 0 Å². The molecule has 1 aliphatic rings. The summed E-state index contributed by atoms with van der Waals surface area (Å²) in [6.07, 6.45) is 6.26. The number of ether oxygens (including phenoxy) is 1. The first kappa shape index (κ1) is 19.9. The number of likely N-dealkylation sites (tertiary alicyclic amines) is 1. The first-order chi connectivity index (χ1) is 15.5. The normalized spacial score (nSPS) is 14.9. The van der Waals surface area contributed by atoms with Crippen molar-refractivity contribution in [2.45, 2.75) is 18.9 Å². The van der Waals surface area contributed by atoms with Gasteiger partial charge in [-0.05, 0) is 25.0 Å². The first-order valence-corrected chi connectivity index (χ1v) is 10.3. The molecule has 0 saturated carbocycles. The number of methoxy groups -OCH3 is 1. The van der Waals surface area contributed by atoms with Gasteiger partial charge in [-0.15, -0.1) is 0 Å². The highest BCUT2D eigenvalue weighted by atomic mass is 16.5. The number of aromatic nitrogens is 6. The molecule has 0 aromatic carbocycles. The molecule has 0 aliphatic carbocycles. The highest BCUT2D eigenvalue weighted by Crippen LogP contribution is 2.30. The van der Waals surface area contributed by atoms with Crippen LogP contribution >= 0.6 is 0 Å². The van der Waals surface area contributed by atoms with Crippen molar-refractivity contribution in [2.75, 3.05) is 20.2 Å². The zero-order valence-corrected chi connectivity index (χ0v) is 17.7. The zero-order chi connectivity index (χ0) is 22.4. The van der Waals surface area contributed by atoms with Crippen molar-refractivity contribution in [1.29, 1.82) is 0 Å². The van der Waals surface area contributed by atoms with Gasteiger partial charge in [-0.3, -0.25) is 14.1 Å². The molecular formula is C21H22N8O3. The van der Waals surface area contributed by atoms with Crippen molar-refractivity contribution in [1.82, 2.24) is 34.0 Å². The number of piperidine rings is 1. The molecule has 4 aromatic rings. The Morgan fingerprint density at radius 1 is 1.12 bits per heavy atom. The van der Waals surface area contributed by atoms with Gasteiger partial charge in [0.15, 0.2) is 0 Å². The Hall–Kier alpha value is -4.02. The number of aryl methyl sites for hydroxylation is 1. The summed E-state index contributed by atoms with van der Waals surface area (Å²) in [5.74, 6) is 0. The van der Waals surface area contributed by atoms with E-state index in [0.29, 0.717) is 48.2 Å². The number of amides is 2. The monoisotopic (exact) mass is 434 g/mol. The fraction of sp³-hybridized carbons (Fsp3) is 0.333. The molecule has 164 valence electrons. The largest absolute Gasteiger partial charge is 0.467 e. The number of urea groups is 1. The first-order valence-electron chi connectivity index (χ1n) is 10.3. The zero-order valence-electron chi connectivity index (χ0n) is 17.7. The second-order valence-electron chi connectivity index (χ2n) is 7.78. The Morgan fingerprint density at radius 2 is 1.84 bits per heavy atom. The quantitative estimate of drug-likeness (QED) is 0.516. The standard InChI is InChI=1S/C21H22N8O3/c1-27-16-11-23-15-4-3-14(12-9-24-20(32-2)25-10-12)26-17(15)18(16)29(21(27)31)13-5-7-28(8-6-13)19(22)30/h3-4,9-11,13H,5-8H2,1-2H3,(H2,22,30). The van der Waals surface area contributed by atoms with Gasteiger partial charge in [-0.25, -0.2) is 24.5 Å². The fourth-order valence-electron chi connectivity index (χ4n) is 4.28. The molecule has 5 rings (SSSR count). The third-order valence-electron chi connectivity index (χ3n) is 6.01. The van der Waals surface area contributed by atoms with Gasteiger partial charge in [0.25, 0.3) is 0 Å². The van der Waals surface area contributed by atoms with Crippen LogP contribution in [0.5, 0.6) is 6.01 Å². The van der Waals surface area contributed by atoms with Crippen LogP contribution in [-0.2, 0) is 7.05 Å². The summed E-state index contributed by atoms with van der Waals surface area (Å²) >= 11 is 0. The van der Waals surface area contributed by atoms with E-state index in [0.717, 1.165) is 11.1 Å². The number of pyridine rings is 2. The molecule has 32 heavy (non-hydrogen) atoms. The molecule has 0 spiro atoms. The number of carbonyl (C=O) groups is 1.